The van der Waals surface area contributed by atoms with Gasteiger partial charge in [-0.1, -0.05) is 0 Å². The van der Waals surface area contributed by atoms with Gasteiger partial charge in [0.2, 0.25) is 5.91 Å². The van der Waals surface area contributed by atoms with Gasteiger partial charge >= 0.3 is 0 Å². The van der Waals surface area contributed by atoms with Crippen molar-refractivity contribution in [1.82, 2.24) is 20.1 Å². The van der Waals surface area contributed by atoms with Crippen LogP contribution in [0.25, 0.3) is 22.2 Å². The molecule has 1 N–H and O–H groups in total. The maximum absolute atomic E-state index is 12.8. The van der Waals surface area contributed by atoms with Crippen LogP contribution in [0.2, 0.25) is 0 Å². The predicted molar refractivity (Wildman–Crippen MR) is 112 cm³/mol. The van der Waals surface area contributed by atoms with Crippen LogP contribution in [0.4, 0.5) is 5.82 Å². The molecule has 1 saturated carbocycles. The lowest BCUT2D eigenvalue weighted by Crippen LogP contribution is -2.45. The number of hydrogen-bond acceptors (Lipinski definition) is 7. The standard InChI is InChI=1S/C22H25N5O3/c28-22(15-1-4-18(5-2-15)27-7-9-29-10-8-27)24-21-12-17-11-16(20-13-23-14-30-20)3-6-19(17)25-26-21/h3,6,11-15,18H,1-2,4-5,7-10H2,(H,24,26,28)/t15-,18+. The third kappa shape index (κ3) is 4.06. The Hall–Kier alpha value is -2.84. The van der Waals surface area contributed by atoms with Gasteiger partial charge in [0.15, 0.2) is 18.0 Å². The maximum Gasteiger partial charge on any atom is 0.228 e. The number of amides is 1. The van der Waals surface area contributed by atoms with Gasteiger partial charge in [-0.3, -0.25) is 9.69 Å². The van der Waals surface area contributed by atoms with Gasteiger partial charge in [-0.05, 0) is 49.9 Å². The van der Waals surface area contributed by atoms with E-state index in [1.165, 1.54) is 6.39 Å². The Balaban J connectivity index is 1.23. The van der Waals surface area contributed by atoms with Crippen molar-refractivity contribution < 1.29 is 13.9 Å². The summed E-state index contributed by atoms with van der Waals surface area (Å²) in [4.78, 5) is 19.3. The quantitative estimate of drug-likeness (QED) is 0.710. The van der Waals surface area contributed by atoms with Crippen LogP contribution in [0.1, 0.15) is 25.7 Å². The number of nitrogens with one attached hydrogen (secondary N) is 1. The molecule has 2 aromatic heterocycles. The van der Waals surface area contributed by atoms with E-state index >= 15 is 0 Å². The number of oxazole rings is 1. The molecule has 0 spiro atoms. The maximum atomic E-state index is 12.8. The molecule has 1 aromatic carbocycles. The highest BCUT2D eigenvalue weighted by atomic mass is 16.5. The van der Waals surface area contributed by atoms with Crippen LogP contribution in [-0.4, -0.2) is 58.3 Å². The number of nitrogens with zero attached hydrogens (tertiary/aromatic N) is 4. The summed E-state index contributed by atoms with van der Waals surface area (Å²) in [5.74, 6) is 1.24. The number of carbonyl (C=O) groups is 1. The number of ether oxygens (including phenoxy) is 1. The van der Waals surface area contributed by atoms with Gasteiger partial charge in [0, 0.05) is 36.0 Å². The van der Waals surface area contributed by atoms with E-state index in [0.29, 0.717) is 17.6 Å². The molecule has 5 rings (SSSR count). The van der Waals surface area contributed by atoms with Crippen molar-refractivity contribution in [2.75, 3.05) is 31.6 Å². The first kappa shape index (κ1) is 19.1. The summed E-state index contributed by atoms with van der Waals surface area (Å²) in [6.07, 6.45) is 7.01. The third-order valence-corrected chi connectivity index (χ3v) is 6.18. The van der Waals surface area contributed by atoms with Gasteiger partial charge in [0.05, 0.1) is 24.9 Å². The molecule has 2 aliphatic rings. The first-order valence-electron chi connectivity index (χ1n) is 10.6. The number of anilines is 1. The van der Waals surface area contributed by atoms with Gasteiger partial charge in [0.1, 0.15) is 0 Å². The van der Waals surface area contributed by atoms with E-state index < -0.39 is 0 Å². The summed E-state index contributed by atoms with van der Waals surface area (Å²) >= 11 is 0. The first-order chi connectivity index (χ1) is 14.8. The molecule has 0 unspecified atom stereocenters. The van der Waals surface area contributed by atoms with Gasteiger partial charge in [-0.25, -0.2) is 4.98 Å². The van der Waals surface area contributed by atoms with E-state index in [1.54, 1.807) is 6.20 Å². The van der Waals surface area contributed by atoms with Crippen LogP contribution in [0.15, 0.2) is 41.3 Å². The van der Waals surface area contributed by atoms with Crippen molar-refractivity contribution in [3.05, 3.63) is 36.9 Å². The van der Waals surface area contributed by atoms with Crippen LogP contribution < -0.4 is 5.32 Å². The van der Waals surface area contributed by atoms with E-state index in [1.807, 2.05) is 24.3 Å². The van der Waals surface area contributed by atoms with E-state index in [2.05, 4.69) is 25.4 Å². The largest absolute Gasteiger partial charge is 0.444 e. The molecule has 1 saturated heterocycles. The fraction of sp³-hybridized carbons (Fsp3) is 0.455. The fourth-order valence-electron chi connectivity index (χ4n) is 4.49. The molecule has 8 heteroatoms. The summed E-state index contributed by atoms with van der Waals surface area (Å²) < 4.78 is 10.8. The summed E-state index contributed by atoms with van der Waals surface area (Å²) in [7, 11) is 0. The van der Waals surface area contributed by atoms with Gasteiger partial charge in [0.25, 0.3) is 0 Å². The zero-order valence-electron chi connectivity index (χ0n) is 16.8. The molecule has 30 heavy (non-hydrogen) atoms. The molecule has 2 fully saturated rings. The lowest BCUT2D eigenvalue weighted by Gasteiger charge is -2.38. The van der Waals surface area contributed by atoms with Crippen LogP contribution >= 0.6 is 0 Å². The second-order valence-electron chi connectivity index (χ2n) is 8.01. The smallest absolute Gasteiger partial charge is 0.228 e. The SMILES string of the molecule is O=C(Nc1cc2cc(-c3cnco3)ccc2nn1)[C@H]1CC[C@@H](N2CCOCC2)CC1. The molecule has 3 aromatic rings. The minimum absolute atomic E-state index is 0.0281. The lowest BCUT2D eigenvalue weighted by atomic mass is 9.84. The van der Waals surface area contributed by atoms with Crippen LogP contribution in [-0.2, 0) is 9.53 Å². The summed E-state index contributed by atoms with van der Waals surface area (Å²) in [6, 6.07) is 8.21. The van der Waals surface area contributed by atoms with E-state index in [0.717, 1.165) is 68.5 Å². The average molecular weight is 407 g/mol. The van der Waals surface area contributed by atoms with Gasteiger partial charge in [-0.15, -0.1) is 10.2 Å². The number of aromatic nitrogens is 3. The van der Waals surface area contributed by atoms with Crippen molar-refractivity contribution in [2.24, 2.45) is 5.92 Å². The van der Waals surface area contributed by atoms with Crippen molar-refractivity contribution >= 4 is 22.6 Å². The van der Waals surface area contributed by atoms with Gasteiger partial charge < -0.3 is 14.5 Å². The third-order valence-electron chi connectivity index (χ3n) is 6.18. The molecular formula is C22H25N5O3. The zero-order chi connectivity index (χ0) is 20.3. The highest BCUT2D eigenvalue weighted by Crippen LogP contribution is 2.29. The number of hydrogen-bond donors (Lipinski definition) is 1. The molecule has 0 radical (unpaired) electrons. The number of carbonyl (C=O) groups excluding carboxylic acids is 1. The Morgan fingerprint density at radius 2 is 1.90 bits per heavy atom. The first-order valence-corrected chi connectivity index (χ1v) is 10.6. The normalized spacial score (nSPS) is 22.8. The van der Waals surface area contributed by atoms with Crippen molar-refractivity contribution in [1.29, 1.82) is 0 Å². The number of rotatable bonds is 4. The average Bonchev–Trinajstić information content (AvgIpc) is 3.34. The molecule has 1 aliphatic carbocycles. The minimum atomic E-state index is 0.0281. The second kappa shape index (κ2) is 8.49. The Bertz CT molecular complexity index is 1010. The highest BCUT2D eigenvalue weighted by Gasteiger charge is 2.30. The van der Waals surface area contributed by atoms with Crippen LogP contribution in [0, 0.1) is 5.92 Å². The minimum Gasteiger partial charge on any atom is -0.444 e. The molecule has 0 atom stereocenters. The molecule has 156 valence electrons. The Kier molecular flexibility index (Phi) is 5.42. The van der Waals surface area contributed by atoms with Crippen molar-refractivity contribution in [3.63, 3.8) is 0 Å². The predicted octanol–water partition coefficient (Wildman–Crippen LogP) is 3.11. The number of morpholine rings is 1. The lowest BCUT2D eigenvalue weighted by molar-refractivity contribution is -0.121. The van der Waals surface area contributed by atoms with Gasteiger partial charge in [-0.2, -0.15) is 0 Å². The summed E-state index contributed by atoms with van der Waals surface area (Å²) in [6.45, 7) is 3.65. The second-order valence-corrected chi connectivity index (χ2v) is 8.01. The zero-order valence-corrected chi connectivity index (χ0v) is 16.8. The van der Waals surface area contributed by atoms with Crippen molar-refractivity contribution in [2.45, 2.75) is 31.7 Å². The summed E-state index contributed by atoms with van der Waals surface area (Å²) in [5, 5.41) is 12.3. The molecular weight excluding hydrogens is 382 g/mol. The van der Waals surface area contributed by atoms with Crippen LogP contribution in [0.3, 0.4) is 0 Å². The van der Waals surface area contributed by atoms with Crippen LogP contribution in [0.5, 0.6) is 0 Å². The molecule has 3 heterocycles. The topological polar surface area (TPSA) is 93.4 Å². The molecule has 8 nitrogen and oxygen atoms in total. The molecule has 0 bridgehead atoms. The number of benzene rings is 1. The van der Waals surface area contributed by atoms with E-state index in [-0.39, 0.29) is 11.8 Å². The van der Waals surface area contributed by atoms with Crippen molar-refractivity contribution in [3.8, 4) is 11.3 Å². The fourth-order valence-corrected chi connectivity index (χ4v) is 4.49. The Morgan fingerprint density at radius 3 is 2.67 bits per heavy atom. The number of fused-ring (bicyclic) bond motifs is 1. The monoisotopic (exact) mass is 407 g/mol. The van der Waals surface area contributed by atoms with E-state index in [9.17, 15) is 4.79 Å². The summed E-state index contributed by atoms with van der Waals surface area (Å²) in [5.41, 5.74) is 1.67. The Labute approximate surface area is 174 Å². The molecule has 1 amide bonds. The highest BCUT2D eigenvalue weighted by molar-refractivity contribution is 5.94. The van der Waals surface area contributed by atoms with E-state index in [4.69, 9.17) is 9.15 Å². The Morgan fingerprint density at radius 1 is 1.07 bits per heavy atom. The molecule has 1 aliphatic heterocycles.